The fraction of sp³-hybridized carbons (Fsp3) is 0.556. The topological polar surface area (TPSA) is 60.9 Å². The molecule has 1 aliphatic carbocycles. The molecule has 0 unspecified atom stereocenters. The number of hydrogen-bond donors (Lipinski definition) is 1. The van der Waals surface area contributed by atoms with Gasteiger partial charge in [0.2, 0.25) is 11.8 Å². The molecule has 5 nitrogen and oxygen atoms in total. The maximum absolute atomic E-state index is 12.4. The predicted molar refractivity (Wildman–Crippen MR) is 86.9 cm³/mol. The summed E-state index contributed by atoms with van der Waals surface area (Å²) in [5.41, 5.74) is 0.819. The smallest absolute Gasteiger partial charge is 0.227 e. The van der Waals surface area contributed by atoms with Gasteiger partial charge >= 0.3 is 0 Å². The molecule has 0 bridgehead atoms. The van der Waals surface area contributed by atoms with Gasteiger partial charge in [-0.05, 0) is 30.5 Å². The van der Waals surface area contributed by atoms with Gasteiger partial charge in [0, 0.05) is 32.1 Å². The molecule has 3 rings (SSSR count). The van der Waals surface area contributed by atoms with Crippen molar-refractivity contribution in [3.8, 4) is 5.75 Å². The van der Waals surface area contributed by atoms with E-state index in [2.05, 4.69) is 0 Å². The number of carbonyl (C=O) groups excluding carboxylic acids is 2. The first kappa shape index (κ1) is 15.8. The summed E-state index contributed by atoms with van der Waals surface area (Å²) in [4.78, 5) is 28.5. The first-order chi connectivity index (χ1) is 11.1. The summed E-state index contributed by atoms with van der Waals surface area (Å²) in [5, 5.41) is 9.47. The van der Waals surface area contributed by atoms with E-state index in [0.29, 0.717) is 32.6 Å². The third-order valence-corrected chi connectivity index (χ3v) is 4.91. The molecule has 0 spiro atoms. The number of aromatic hydroxyl groups is 1. The molecule has 0 atom stereocenters. The summed E-state index contributed by atoms with van der Waals surface area (Å²) in [6, 6.07) is 6.81. The van der Waals surface area contributed by atoms with E-state index in [-0.39, 0.29) is 23.5 Å². The van der Waals surface area contributed by atoms with Crippen LogP contribution in [0.3, 0.4) is 0 Å². The van der Waals surface area contributed by atoms with Crippen molar-refractivity contribution in [3.05, 3.63) is 29.8 Å². The van der Waals surface area contributed by atoms with Gasteiger partial charge in [0.15, 0.2) is 0 Å². The van der Waals surface area contributed by atoms with Crippen LogP contribution in [0.25, 0.3) is 0 Å². The Morgan fingerprint density at radius 1 is 1.04 bits per heavy atom. The third-order valence-electron chi connectivity index (χ3n) is 4.91. The number of amides is 2. The van der Waals surface area contributed by atoms with Crippen molar-refractivity contribution < 1.29 is 14.7 Å². The van der Waals surface area contributed by atoms with Crippen LogP contribution in [0.2, 0.25) is 0 Å². The highest BCUT2D eigenvalue weighted by Gasteiger charge is 2.30. The second-order valence-corrected chi connectivity index (χ2v) is 6.53. The van der Waals surface area contributed by atoms with E-state index < -0.39 is 0 Å². The van der Waals surface area contributed by atoms with Gasteiger partial charge in [-0.25, -0.2) is 0 Å². The standard InChI is InChI=1S/C18H24N2O3/c21-16-7-3-4-14(12-16)13-17(22)19-8-10-20(11-9-19)18(23)15-5-1-2-6-15/h3-4,7,12,15,21H,1-2,5-6,8-11,13H2. The minimum absolute atomic E-state index is 0.0589. The summed E-state index contributed by atoms with van der Waals surface area (Å²) in [6.07, 6.45) is 4.67. The Labute approximate surface area is 136 Å². The zero-order valence-corrected chi connectivity index (χ0v) is 13.4. The zero-order valence-electron chi connectivity index (χ0n) is 13.4. The van der Waals surface area contributed by atoms with E-state index in [1.165, 1.54) is 12.8 Å². The Bertz CT molecular complexity index is 573. The molecule has 23 heavy (non-hydrogen) atoms. The molecule has 124 valence electrons. The molecule has 1 aliphatic heterocycles. The SMILES string of the molecule is O=C(Cc1cccc(O)c1)N1CCN(C(=O)C2CCCC2)CC1. The molecule has 1 saturated heterocycles. The lowest BCUT2D eigenvalue weighted by Gasteiger charge is -2.36. The largest absolute Gasteiger partial charge is 0.508 e. The second-order valence-electron chi connectivity index (χ2n) is 6.53. The average molecular weight is 316 g/mol. The minimum Gasteiger partial charge on any atom is -0.508 e. The Morgan fingerprint density at radius 3 is 2.35 bits per heavy atom. The molecule has 5 heteroatoms. The lowest BCUT2D eigenvalue weighted by atomic mass is 10.1. The van der Waals surface area contributed by atoms with Gasteiger partial charge in [-0.15, -0.1) is 0 Å². The maximum Gasteiger partial charge on any atom is 0.227 e. The summed E-state index contributed by atoms with van der Waals surface area (Å²) >= 11 is 0. The number of phenolic OH excluding ortho intramolecular Hbond substituents is 1. The highest BCUT2D eigenvalue weighted by atomic mass is 16.3. The Morgan fingerprint density at radius 2 is 1.70 bits per heavy atom. The molecular weight excluding hydrogens is 292 g/mol. The Hall–Kier alpha value is -2.04. The van der Waals surface area contributed by atoms with E-state index >= 15 is 0 Å². The lowest BCUT2D eigenvalue weighted by molar-refractivity contribution is -0.141. The zero-order chi connectivity index (χ0) is 16.2. The molecule has 1 aromatic rings. The van der Waals surface area contributed by atoms with Gasteiger partial charge in [-0.1, -0.05) is 25.0 Å². The van der Waals surface area contributed by atoms with Gasteiger partial charge in [0.05, 0.1) is 6.42 Å². The molecule has 1 heterocycles. The number of carbonyl (C=O) groups is 2. The van der Waals surface area contributed by atoms with E-state index in [1.54, 1.807) is 18.2 Å². The highest BCUT2D eigenvalue weighted by molar-refractivity contribution is 5.81. The fourth-order valence-corrected chi connectivity index (χ4v) is 3.56. The molecule has 2 amide bonds. The van der Waals surface area contributed by atoms with Crippen molar-refractivity contribution >= 4 is 11.8 Å². The summed E-state index contributed by atoms with van der Waals surface area (Å²) in [5.74, 6) is 0.734. The highest BCUT2D eigenvalue weighted by Crippen LogP contribution is 2.27. The predicted octanol–water partition coefficient (Wildman–Crippen LogP) is 1.80. The van der Waals surface area contributed by atoms with Crippen LogP contribution in [-0.4, -0.2) is 52.9 Å². The quantitative estimate of drug-likeness (QED) is 0.925. The van der Waals surface area contributed by atoms with Crippen molar-refractivity contribution in [2.24, 2.45) is 5.92 Å². The van der Waals surface area contributed by atoms with Crippen LogP contribution in [0.5, 0.6) is 5.75 Å². The van der Waals surface area contributed by atoms with Crippen LogP contribution in [0.4, 0.5) is 0 Å². The van der Waals surface area contributed by atoms with E-state index in [0.717, 1.165) is 18.4 Å². The van der Waals surface area contributed by atoms with Crippen molar-refractivity contribution in [1.29, 1.82) is 0 Å². The third kappa shape index (κ3) is 3.84. The molecule has 0 radical (unpaired) electrons. The monoisotopic (exact) mass is 316 g/mol. The summed E-state index contributed by atoms with van der Waals surface area (Å²) in [6.45, 7) is 2.49. The van der Waals surface area contributed by atoms with Gasteiger partial charge < -0.3 is 14.9 Å². The molecule has 2 fully saturated rings. The second kappa shape index (κ2) is 7.02. The van der Waals surface area contributed by atoms with Gasteiger partial charge in [0.1, 0.15) is 5.75 Å². The molecule has 0 aromatic heterocycles. The first-order valence-corrected chi connectivity index (χ1v) is 8.48. The van der Waals surface area contributed by atoms with Gasteiger partial charge in [0.25, 0.3) is 0 Å². The van der Waals surface area contributed by atoms with Crippen molar-refractivity contribution in [2.45, 2.75) is 32.1 Å². The lowest BCUT2D eigenvalue weighted by Crippen LogP contribution is -2.52. The van der Waals surface area contributed by atoms with Gasteiger partial charge in [-0.3, -0.25) is 9.59 Å². The van der Waals surface area contributed by atoms with Crippen molar-refractivity contribution in [2.75, 3.05) is 26.2 Å². The van der Waals surface area contributed by atoms with E-state index in [1.807, 2.05) is 15.9 Å². The number of piperazine rings is 1. The van der Waals surface area contributed by atoms with E-state index in [9.17, 15) is 14.7 Å². The molecule has 2 aliphatic rings. The van der Waals surface area contributed by atoms with Crippen LogP contribution in [-0.2, 0) is 16.0 Å². The number of nitrogens with zero attached hydrogens (tertiary/aromatic N) is 2. The number of hydrogen-bond acceptors (Lipinski definition) is 3. The number of benzene rings is 1. The van der Waals surface area contributed by atoms with Crippen LogP contribution in [0.15, 0.2) is 24.3 Å². The summed E-state index contributed by atoms with van der Waals surface area (Å²) < 4.78 is 0. The minimum atomic E-state index is 0.0589. The average Bonchev–Trinajstić information content (AvgIpc) is 3.09. The number of rotatable bonds is 3. The van der Waals surface area contributed by atoms with Crippen molar-refractivity contribution in [1.82, 2.24) is 9.80 Å². The van der Waals surface area contributed by atoms with Crippen LogP contribution < -0.4 is 0 Å². The Kier molecular flexibility index (Phi) is 4.84. The molecular formula is C18H24N2O3. The fourth-order valence-electron chi connectivity index (χ4n) is 3.56. The normalized spacial score (nSPS) is 19.1. The van der Waals surface area contributed by atoms with Crippen LogP contribution >= 0.6 is 0 Å². The molecule has 1 N–H and O–H groups in total. The first-order valence-electron chi connectivity index (χ1n) is 8.48. The van der Waals surface area contributed by atoms with Gasteiger partial charge in [-0.2, -0.15) is 0 Å². The Balaban J connectivity index is 1.50. The van der Waals surface area contributed by atoms with Crippen LogP contribution in [0.1, 0.15) is 31.2 Å². The number of phenols is 1. The maximum atomic E-state index is 12.4. The van der Waals surface area contributed by atoms with Crippen LogP contribution in [0, 0.1) is 5.92 Å². The molecule has 1 saturated carbocycles. The summed E-state index contributed by atoms with van der Waals surface area (Å²) in [7, 11) is 0. The molecule has 1 aromatic carbocycles. The van der Waals surface area contributed by atoms with Crippen molar-refractivity contribution in [3.63, 3.8) is 0 Å². The van der Waals surface area contributed by atoms with E-state index in [4.69, 9.17) is 0 Å².